The van der Waals surface area contributed by atoms with Crippen molar-refractivity contribution in [2.45, 2.75) is 18.6 Å². The Morgan fingerprint density at radius 1 is 1.38 bits per heavy atom. The molecule has 5 nitrogen and oxygen atoms in total. The van der Waals surface area contributed by atoms with E-state index in [4.69, 9.17) is 10.2 Å². The fourth-order valence-electron chi connectivity index (χ4n) is 1.23. The van der Waals surface area contributed by atoms with Crippen LogP contribution in [0.25, 0.3) is 0 Å². The van der Waals surface area contributed by atoms with Crippen LogP contribution in [0.5, 0.6) is 5.75 Å². The number of benzene rings is 1. The van der Waals surface area contributed by atoms with E-state index in [0.717, 1.165) is 18.2 Å². The van der Waals surface area contributed by atoms with E-state index < -0.39 is 36.2 Å². The number of rotatable bonds is 4. The van der Waals surface area contributed by atoms with E-state index in [2.05, 4.69) is 0 Å². The molecule has 88 valence electrons. The molecule has 0 aliphatic carbocycles. The minimum absolute atomic E-state index is 0.0488. The fraction of sp³-hybridized carbons (Fsp3) is 0.300. The van der Waals surface area contributed by atoms with Gasteiger partial charge in [0.15, 0.2) is 11.6 Å². The van der Waals surface area contributed by atoms with Gasteiger partial charge >= 0.3 is 5.97 Å². The lowest BCUT2D eigenvalue weighted by atomic mass is 10.0. The molecule has 0 bridgehead atoms. The molecule has 1 aromatic rings. The maximum atomic E-state index is 12.7. The number of hydrogen-bond acceptors (Lipinski definition) is 4. The second-order valence-electron chi connectivity index (χ2n) is 3.32. The van der Waals surface area contributed by atoms with Gasteiger partial charge < -0.3 is 20.4 Å². The summed E-state index contributed by atoms with van der Waals surface area (Å²) in [7, 11) is 0. The van der Waals surface area contributed by atoms with Gasteiger partial charge in [0.2, 0.25) is 0 Å². The molecule has 2 unspecified atom stereocenters. The Morgan fingerprint density at radius 3 is 2.50 bits per heavy atom. The van der Waals surface area contributed by atoms with E-state index in [1.54, 1.807) is 0 Å². The van der Waals surface area contributed by atoms with Crippen LogP contribution in [0.1, 0.15) is 18.1 Å². The molecule has 0 saturated heterocycles. The zero-order valence-corrected chi connectivity index (χ0v) is 8.17. The van der Waals surface area contributed by atoms with Crippen LogP contribution in [0.2, 0.25) is 0 Å². The van der Waals surface area contributed by atoms with Crippen LogP contribution in [0.15, 0.2) is 18.2 Å². The first-order valence-corrected chi connectivity index (χ1v) is 4.48. The van der Waals surface area contributed by atoms with E-state index in [-0.39, 0.29) is 5.56 Å². The van der Waals surface area contributed by atoms with Crippen LogP contribution < -0.4 is 0 Å². The molecule has 0 fully saturated rings. The largest absolute Gasteiger partial charge is 0.505 e. The summed E-state index contributed by atoms with van der Waals surface area (Å²) in [6, 6.07) is 3.01. The SMILES string of the molecule is O=C(O)CC(O)C(O)c1ccc(F)c(O)c1. The Balaban J connectivity index is 2.83. The molecule has 0 aliphatic rings. The average molecular weight is 230 g/mol. The molecule has 4 N–H and O–H groups in total. The first-order valence-electron chi connectivity index (χ1n) is 4.48. The molecular weight excluding hydrogens is 219 g/mol. The maximum absolute atomic E-state index is 12.7. The normalized spacial score (nSPS) is 14.4. The van der Waals surface area contributed by atoms with Crippen LogP contribution in [0.3, 0.4) is 0 Å². The van der Waals surface area contributed by atoms with E-state index in [0.29, 0.717) is 0 Å². The molecular formula is C10H11FO5. The average Bonchev–Trinajstić information content (AvgIpc) is 2.20. The van der Waals surface area contributed by atoms with Gasteiger partial charge in [0.1, 0.15) is 6.10 Å². The minimum Gasteiger partial charge on any atom is -0.505 e. The standard InChI is InChI=1S/C10H11FO5/c11-6-2-1-5(3-7(6)12)10(16)8(13)4-9(14)15/h1-3,8,10,12-13,16H,4H2,(H,14,15). The summed E-state index contributed by atoms with van der Waals surface area (Å²) in [5, 5.41) is 36.2. The number of phenols is 1. The van der Waals surface area contributed by atoms with Crippen molar-refractivity contribution in [3.05, 3.63) is 29.6 Å². The zero-order valence-electron chi connectivity index (χ0n) is 8.17. The molecule has 0 amide bonds. The van der Waals surface area contributed by atoms with Gasteiger partial charge in [0.25, 0.3) is 0 Å². The van der Waals surface area contributed by atoms with E-state index in [1.807, 2.05) is 0 Å². The van der Waals surface area contributed by atoms with Gasteiger partial charge in [-0.1, -0.05) is 6.07 Å². The fourth-order valence-corrected chi connectivity index (χ4v) is 1.23. The Labute approximate surface area is 90.4 Å². The second-order valence-corrected chi connectivity index (χ2v) is 3.32. The molecule has 6 heteroatoms. The predicted molar refractivity (Wildman–Crippen MR) is 51.3 cm³/mol. The van der Waals surface area contributed by atoms with E-state index in [1.165, 1.54) is 0 Å². The lowest BCUT2D eigenvalue weighted by molar-refractivity contribution is -0.141. The second kappa shape index (κ2) is 4.91. The number of aromatic hydroxyl groups is 1. The first kappa shape index (κ1) is 12.4. The lowest BCUT2D eigenvalue weighted by Crippen LogP contribution is -2.21. The number of aliphatic carboxylic acids is 1. The molecule has 16 heavy (non-hydrogen) atoms. The number of carbonyl (C=O) groups is 1. The Hall–Kier alpha value is -1.66. The number of aliphatic hydroxyl groups is 2. The molecule has 0 heterocycles. The van der Waals surface area contributed by atoms with Crippen LogP contribution in [-0.4, -0.2) is 32.5 Å². The third-order valence-electron chi connectivity index (χ3n) is 2.06. The summed E-state index contributed by atoms with van der Waals surface area (Å²) in [5.74, 6) is -2.79. The van der Waals surface area contributed by atoms with Crippen molar-refractivity contribution in [2.24, 2.45) is 0 Å². The summed E-state index contributed by atoms with van der Waals surface area (Å²) < 4.78 is 12.7. The van der Waals surface area contributed by atoms with Gasteiger partial charge in [-0.15, -0.1) is 0 Å². The highest BCUT2D eigenvalue weighted by Gasteiger charge is 2.21. The van der Waals surface area contributed by atoms with Crippen LogP contribution in [0.4, 0.5) is 4.39 Å². The van der Waals surface area contributed by atoms with E-state index in [9.17, 15) is 19.4 Å². The molecule has 0 saturated carbocycles. The van der Waals surface area contributed by atoms with Gasteiger partial charge in [-0.05, 0) is 17.7 Å². The summed E-state index contributed by atoms with van der Waals surface area (Å²) >= 11 is 0. The first-order chi connectivity index (χ1) is 7.41. The van der Waals surface area contributed by atoms with Gasteiger partial charge in [-0.25, -0.2) is 4.39 Å². The third-order valence-corrected chi connectivity index (χ3v) is 2.06. The summed E-state index contributed by atoms with van der Waals surface area (Å²) in [6.07, 6.45) is -3.63. The van der Waals surface area contributed by atoms with Crippen molar-refractivity contribution in [1.82, 2.24) is 0 Å². The highest BCUT2D eigenvalue weighted by atomic mass is 19.1. The van der Waals surface area contributed by atoms with Crippen molar-refractivity contribution in [1.29, 1.82) is 0 Å². The van der Waals surface area contributed by atoms with Crippen LogP contribution in [-0.2, 0) is 4.79 Å². The molecule has 1 aromatic carbocycles. The van der Waals surface area contributed by atoms with Gasteiger partial charge in [0.05, 0.1) is 12.5 Å². The number of carboxylic acids is 1. The number of carboxylic acid groups (broad SMARTS) is 1. The Bertz CT molecular complexity index is 393. The molecule has 0 radical (unpaired) electrons. The van der Waals surface area contributed by atoms with Crippen molar-refractivity contribution in [2.75, 3.05) is 0 Å². The van der Waals surface area contributed by atoms with Crippen molar-refractivity contribution in [3.63, 3.8) is 0 Å². The monoisotopic (exact) mass is 230 g/mol. The number of hydrogen-bond donors (Lipinski definition) is 4. The van der Waals surface area contributed by atoms with Gasteiger partial charge in [0, 0.05) is 0 Å². The molecule has 2 atom stereocenters. The van der Waals surface area contributed by atoms with Crippen molar-refractivity contribution < 1.29 is 29.6 Å². The quantitative estimate of drug-likeness (QED) is 0.600. The van der Waals surface area contributed by atoms with Crippen molar-refractivity contribution >= 4 is 5.97 Å². The summed E-state index contributed by atoms with van der Waals surface area (Å²) in [6.45, 7) is 0. The van der Waals surface area contributed by atoms with Crippen LogP contribution in [0, 0.1) is 5.82 Å². The minimum atomic E-state index is -1.51. The maximum Gasteiger partial charge on any atom is 0.306 e. The number of halogens is 1. The van der Waals surface area contributed by atoms with Crippen LogP contribution >= 0.6 is 0 Å². The Morgan fingerprint density at radius 2 is 2.00 bits per heavy atom. The highest BCUT2D eigenvalue weighted by Crippen LogP contribution is 2.24. The van der Waals surface area contributed by atoms with E-state index >= 15 is 0 Å². The topological polar surface area (TPSA) is 98.0 Å². The lowest BCUT2D eigenvalue weighted by Gasteiger charge is -2.16. The number of phenolic OH excluding ortho intramolecular Hbond substituents is 1. The van der Waals surface area contributed by atoms with Crippen molar-refractivity contribution in [3.8, 4) is 5.75 Å². The number of aliphatic hydroxyl groups excluding tert-OH is 2. The summed E-state index contributed by atoms with van der Waals surface area (Å²) in [4.78, 5) is 10.3. The van der Waals surface area contributed by atoms with Gasteiger partial charge in [-0.3, -0.25) is 4.79 Å². The smallest absolute Gasteiger partial charge is 0.306 e. The Kier molecular flexibility index (Phi) is 3.81. The highest BCUT2D eigenvalue weighted by molar-refractivity contribution is 5.67. The molecule has 1 rings (SSSR count). The zero-order chi connectivity index (χ0) is 12.3. The third kappa shape index (κ3) is 2.91. The molecule has 0 spiro atoms. The predicted octanol–water partition coefficient (Wildman–Crippen LogP) is 0.400. The molecule has 0 aromatic heterocycles. The summed E-state index contributed by atoms with van der Waals surface area (Å²) in [5.41, 5.74) is 0.0488. The van der Waals surface area contributed by atoms with Gasteiger partial charge in [-0.2, -0.15) is 0 Å². The molecule has 0 aliphatic heterocycles.